The van der Waals surface area contributed by atoms with Crippen molar-refractivity contribution >= 4 is 44.7 Å². The molecule has 1 heterocycles. The number of benzene rings is 3. The molecule has 1 N–H and O–H groups in total. The number of nitrogens with one attached hydrogen (secondary N) is 1. The third-order valence-electron chi connectivity index (χ3n) is 4.83. The molecule has 0 aliphatic rings. The number of nitro groups is 1. The summed E-state index contributed by atoms with van der Waals surface area (Å²) in [7, 11) is 0. The highest BCUT2D eigenvalue weighted by Gasteiger charge is 2.22. The SMILES string of the molecule is CC(OC(=O)c1cc2cc([N+](=O)[O-])ccc2s1)C(=O)Nc1ccccc1-c1ccccc1. The highest BCUT2D eigenvalue weighted by molar-refractivity contribution is 7.20. The third kappa shape index (κ3) is 4.50. The Kier molecular flexibility index (Phi) is 5.96. The summed E-state index contributed by atoms with van der Waals surface area (Å²) in [5, 5.41) is 14.3. The molecule has 0 aliphatic carbocycles. The molecular weight excluding hydrogens is 428 g/mol. The number of anilines is 1. The van der Waals surface area contributed by atoms with Gasteiger partial charge in [-0.3, -0.25) is 14.9 Å². The number of hydrogen-bond donors (Lipinski definition) is 1. The first kappa shape index (κ1) is 21.2. The Bertz CT molecular complexity index is 1320. The van der Waals surface area contributed by atoms with Crippen LogP contribution in [-0.2, 0) is 9.53 Å². The summed E-state index contributed by atoms with van der Waals surface area (Å²) in [4.78, 5) is 36.0. The van der Waals surface area contributed by atoms with E-state index in [0.29, 0.717) is 11.1 Å². The molecule has 1 aromatic heterocycles. The van der Waals surface area contributed by atoms with Crippen molar-refractivity contribution in [2.45, 2.75) is 13.0 Å². The molecule has 1 unspecified atom stereocenters. The zero-order valence-electron chi connectivity index (χ0n) is 17.0. The van der Waals surface area contributed by atoms with Crippen LogP contribution in [0.2, 0.25) is 0 Å². The van der Waals surface area contributed by atoms with Gasteiger partial charge in [0.05, 0.1) is 4.92 Å². The maximum atomic E-state index is 12.7. The molecule has 7 nitrogen and oxygen atoms in total. The predicted octanol–water partition coefficient (Wildman–Crippen LogP) is 5.66. The number of hydrogen-bond acceptors (Lipinski definition) is 6. The van der Waals surface area contributed by atoms with E-state index in [-0.39, 0.29) is 10.6 Å². The summed E-state index contributed by atoms with van der Waals surface area (Å²) in [6.45, 7) is 1.50. The van der Waals surface area contributed by atoms with Gasteiger partial charge in [0.15, 0.2) is 6.10 Å². The van der Waals surface area contributed by atoms with E-state index >= 15 is 0 Å². The Morgan fingerprint density at radius 1 is 1.00 bits per heavy atom. The van der Waals surface area contributed by atoms with Crippen molar-refractivity contribution < 1.29 is 19.2 Å². The first-order valence-corrected chi connectivity index (χ1v) is 10.6. The lowest BCUT2D eigenvalue weighted by Gasteiger charge is -2.15. The lowest BCUT2D eigenvalue weighted by Crippen LogP contribution is -2.30. The maximum absolute atomic E-state index is 12.7. The fourth-order valence-electron chi connectivity index (χ4n) is 3.21. The van der Waals surface area contributed by atoms with Gasteiger partial charge < -0.3 is 10.1 Å². The van der Waals surface area contributed by atoms with Crippen molar-refractivity contribution in [3.63, 3.8) is 0 Å². The first-order valence-electron chi connectivity index (χ1n) is 9.76. The first-order chi connectivity index (χ1) is 15.4. The maximum Gasteiger partial charge on any atom is 0.349 e. The lowest BCUT2D eigenvalue weighted by molar-refractivity contribution is -0.384. The average molecular weight is 446 g/mol. The number of amides is 1. The van der Waals surface area contributed by atoms with Crippen LogP contribution in [0, 0.1) is 10.1 Å². The quantitative estimate of drug-likeness (QED) is 0.234. The Morgan fingerprint density at radius 3 is 2.47 bits per heavy atom. The van der Waals surface area contributed by atoms with Crippen LogP contribution in [0.3, 0.4) is 0 Å². The van der Waals surface area contributed by atoms with Crippen molar-refractivity contribution in [1.29, 1.82) is 0 Å². The van der Waals surface area contributed by atoms with Gasteiger partial charge >= 0.3 is 5.97 Å². The van der Waals surface area contributed by atoms with Gasteiger partial charge in [0.2, 0.25) is 0 Å². The Balaban J connectivity index is 1.47. The van der Waals surface area contributed by atoms with Crippen molar-refractivity contribution in [1.82, 2.24) is 0 Å². The number of carbonyl (C=O) groups excluding carboxylic acids is 2. The van der Waals surface area contributed by atoms with E-state index in [1.54, 1.807) is 12.1 Å². The van der Waals surface area contributed by atoms with Gasteiger partial charge in [0.1, 0.15) is 4.88 Å². The minimum atomic E-state index is -1.04. The molecule has 0 bridgehead atoms. The number of ether oxygens (including phenoxy) is 1. The van der Waals surface area contributed by atoms with E-state index in [0.717, 1.165) is 27.2 Å². The van der Waals surface area contributed by atoms with Crippen LogP contribution in [-0.4, -0.2) is 22.9 Å². The van der Waals surface area contributed by atoms with Crippen LogP contribution < -0.4 is 5.32 Å². The summed E-state index contributed by atoms with van der Waals surface area (Å²) in [6.07, 6.45) is -1.04. The standard InChI is InChI=1S/C24H18N2O5S/c1-15(23(27)25-20-10-6-5-9-19(20)16-7-3-2-4-8-16)31-24(28)22-14-17-13-18(26(29)30)11-12-21(17)32-22/h2-15H,1H3,(H,25,27). The van der Waals surface area contributed by atoms with Gasteiger partial charge in [-0.1, -0.05) is 48.5 Å². The molecular formula is C24H18N2O5S. The molecule has 32 heavy (non-hydrogen) atoms. The second kappa shape index (κ2) is 8.99. The van der Waals surface area contributed by atoms with E-state index in [1.165, 1.54) is 25.1 Å². The molecule has 1 amide bonds. The average Bonchev–Trinajstić information content (AvgIpc) is 3.23. The monoisotopic (exact) mass is 446 g/mol. The molecule has 160 valence electrons. The van der Waals surface area contributed by atoms with E-state index in [4.69, 9.17) is 4.74 Å². The molecule has 0 radical (unpaired) electrons. The molecule has 0 aliphatic heterocycles. The van der Waals surface area contributed by atoms with E-state index < -0.39 is 22.9 Å². The number of para-hydroxylation sites is 1. The van der Waals surface area contributed by atoms with Crippen molar-refractivity contribution in [2.24, 2.45) is 0 Å². The minimum Gasteiger partial charge on any atom is -0.448 e. The summed E-state index contributed by atoms with van der Waals surface area (Å²) >= 11 is 1.15. The Labute approximate surface area is 187 Å². The highest BCUT2D eigenvalue weighted by Crippen LogP contribution is 2.30. The molecule has 1 atom stereocenters. The molecule has 4 aromatic rings. The number of esters is 1. The van der Waals surface area contributed by atoms with Gasteiger partial charge in [0, 0.05) is 33.5 Å². The van der Waals surface area contributed by atoms with Gasteiger partial charge in [-0.25, -0.2) is 4.79 Å². The normalized spacial score (nSPS) is 11.7. The van der Waals surface area contributed by atoms with Crippen LogP contribution in [0.4, 0.5) is 11.4 Å². The summed E-state index contributed by atoms with van der Waals surface area (Å²) in [5.74, 6) is -1.12. The number of thiophene rings is 1. The summed E-state index contributed by atoms with van der Waals surface area (Å²) in [5.41, 5.74) is 2.36. The summed E-state index contributed by atoms with van der Waals surface area (Å²) in [6, 6.07) is 22.9. The van der Waals surface area contributed by atoms with Gasteiger partial charge in [-0.2, -0.15) is 0 Å². The predicted molar refractivity (Wildman–Crippen MR) is 124 cm³/mol. The highest BCUT2D eigenvalue weighted by atomic mass is 32.1. The van der Waals surface area contributed by atoms with E-state index in [2.05, 4.69) is 5.32 Å². The van der Waals surface area contributed by atoms with Gasteiger partial charge in [-0.15, -0.1) is 11.3 Å². The molecule has 3 aromatic carbocycles. The smallest absolute Gasteiger partial charge is 0.349 e. The second-order valence-electron chi connectivity index (χ2n) is 7.04. The van der Waals surface area contributed by atoms with Crippen molar-refractivity contribution in [3.8, 4) is 11.1 Å². The van der Waals surface area contributed by atoms with Gasteiger partial charge in [0.25, 0.3) is 11.6 Å². The van der Waals surface area contributed by atoms with Crippen molar-refractivity contribution in [3.05, 3.63) is 93.9 Å². The molecule has 0 saturated heterocycles. The van der Waals surface area contributed by atoms with Crippen molar-refractivity contribution in [2.75, 3.05) is 5.32 Å². The van der Waals surface area contributed by atoms with Gasteiger partial charge in [-0.05, 0) is 30.7 Å². The summed E-state index contributed by atoms with van der Waals surface area (Å²) < 4.78 is 6.07. The number of nitro benzene ring substituents is 1. The zero-order chi connectivity index (χ0) is 22.7. The van der Waals surface area contributed by atoms with Crippen LogP contribution >= 0.6 is 11.3 Å². The number of fused-ring (bicyclic) bond motifs is 1. The van der Waals surface area contributed by atoms with Crippen LogP contribution in [0.1, 0.15) is 16.6 Å². The Hall–Kier alpha value is -4.04. The van der Waals surface area contributed by atoms with E-state index in [9.17, 15) is 19.7 Å². The largest absolute Gasteiger partial charge is 0.448 e. The van der Waals surface area contributed by atoms with E-state index in [1.807, 2.05) is 48.5 Å². The molecule has 8 heteroatoms. The molecule has 0 spiro atoms. The number of carbonyl (C=O) groups is 2. The molecule has 0 fully saturated rings. The molecule has 0 saturated carbocycles. The minimum absolute atomic E-state index is 0.0555. The van der Waals surface area contributed by atoms with Crippen LogP contribution in [0.25, 0.3) is 21.2 Å². The van der Waals surface area contributed by atoms with Crippen LogP contribution in [0.5, 0.6) is 0 Å². The molecule has 4 rings (SSSR count). The Morgan fingerprint density at radius 2 is 1.72 bits per heavy atom. The lowest BCUT2D eigenvalue weighted by atomic mass is 10.0. The fourth-order valence-corrected chi connectivity index (χ4v) is 4.14. The number of rotatable bonds is 6. The second-order valence-corrected chi connectivity index (χ2v) is 8.12. The number of nitrogens with zero attached hydrogens (tertiary/aromatic N) is 1. The number of non-ortho nitro benzene ring substituents is 1. The van der Waals surface area contributed by atoms with Crippen LogP contribution in [0.15, 0.2) is 78.9 Å². The zero-order valence-corrected chi connectivity index (χ0v) is 17.8. The fraction of sp³-hybridized carbons (Fsp3) is 0.0833. The third-order valence-corrected chi connectivity index (χ3v) is 5.93. The topological polar surface area (TPSA) is 98.5 Å².